The number of nitrogens with zero attached hydrogens (tertiary/aromatic N) is 6. The molecule has 15 heteroatoms. The molecule has 10 rings (SSSR count). The molecule has 69 heavy (non-hydrogen) atoms. The van der Waals surface area contributed by atoms with E-state index >= 15 is 0 Å². The quantitative estimate of drug-likeness (QED) is 0.243. The molecule has 6 saturated heterocycles. The fourth-order valence-corrected chi connectivity index (χ4v) is 9.72. The summed E-state index contributed by atoms with van der Waals surface area (Å²) in [6.45, 7) is 30.5. The Hall–Kier alpha value is -1.50. The van der Waals surface area contributed by atoms with Gasteiger partial charge < -0.3 is 61.2 Å². The van der Waals surface area contributed by atoms with Gasteiger partial charge in [0.15, 0.2) is 0 Å². The number of methoxy groups -OCH3 is 2. The molecule has 0 spiro atoms. The Balaban J connectivity index is 0.000000269. The molecule has 2 unspecified atom stereocenters. The summed E-state index contributed by atoms with van der Waals surface area (Å²) in [4.78, 5) is 35.0. The van der Waals surface area contributed by atoms with Gasteiger partial charge in [0, 0.05) is 112 Å². The normalized spacial score (nSPS) is 29.1. The number of aliphatic carboxylic acids is 1. The maximum absolute atomic E-state index is 10.8. The number of piperidine rings is 3. The number of piperazine rings is 1. The highest BCUT2D eigenvalue weighted by atomic mass is 16.5. The number of nitrogens with one attached hydrogen (secondary N) is 2. The number of likely N-dealkylation sites (tertiary alicyclic amines) is 4. The SMILES string of the molecule is CC(=O)N1CC2C(N)C2C1.CC1CCNCC1.CC1CN(C)C1.CC1CN(C)C1.CN1CCC(C)(C(=O)O)CC1.CN1CCN(CCN)CC1.CNC1CCC1.COC1CC(C)C1.COC1CCC1. The molecule has 15 nitrogen and oxygen atoms in total. The summed E-state index contributed by atoms with van der Waals surface area (Å²) in [5.41, 5.74) is 10.7. The van der Waals surface area contributed by atoms with E-state index < -0.39 is 11.4 Å². The van der Waals surface area contributed by atoms with Gasteiger partial charge >= 0.3 is 5.97 Å². The van der Waals surface area contributed by atoms with Crippen LogP contribution in [0.4, 0.5) is 0 Å². The van der Waals surface area contributed by atoms with Crippen LogP contribution in [0.5, 0.6) is 0 Å². The van der Waals surface area contributed by atoms with Crippen LogP contribution in [0.3, 0.4) is 0 Å². The van der Waals surface area contributed by atoms with Crippen molar-refractivity contribution in [2.45, 2.75) is 143 Å². The fourth-order valence-electron chi connectivity index (χ4n) is 9.72. The molecule has 408 valence electrons. The molecule has 0 radical (unpaired) electrons. The van der Waals surface area contributed by atoms with Crippen LogP contribution in [-0.2, 0) is 19.1 Å². The average molecular weight is 982 g/mol. The van der Waals surface area contributed by atoms with Crippen LogP contribution >= 0.6 is 0 Å². The van der Waals surface area contributed by atoms with Crippen molar-refractivity contribution in [3.8, 4) is 0 Å². The van der Waals surface area contributed by atoms with Crippen molar-refractivity contribution in [2.75, 3.05) is 154 Å². The number of hydrogen-bond donors (Lipinski definition) is 5. The molecule has 1 amide bonds. The van der Waals surface area contributed by atoms with E-state index in [1.165, 1.54) is 130 Å². The van der Waals surface area contributed by atoms with E-state index in [1.54, 1.807) is 21.1 Å². The molecule has 0 aromatic heterocycles. The number of rotatable bonds is 6. The second-order valence-electron chi connectivity index (χ2n) is 23.2. The molecular formula is C54H112N10O5. The van der Waals surface area contributed by atoms with E-state index in [2.05, 4.69) is 84.0 Å². The molecule has 4 aliphatic carbocycles. The van der Waals surface area contributed by atoms with Gasteiger partial charge in [0.05, 0.1) is 17.6 Å². The van der Waals surface area contributed by atoms with E-state index in [0.29, 0.717) is 30.1 Å². The summed E-state index contributed by atoms with van der Waals surface area (Å²) < 4.78 is 10.0. The molecular weight excluding hydrogens is 869 g/mol. The van der Waals surface area contributed by atoms with Gasteiger partial charge in [-0.2, -0.15) is 0 Å². The number of likely N-dealkylation sites (N-methyl/N-ethyl adjacent to an activating group) is 1. The third kappa shape index (κ3) is 26.9. The lowest BCUT2D eigenvalue weighted by Crippen LogP contribution is -2.45. The Bertz CT molecular complexity index is 1240. The monoisotopic (exact) mass is 981 g/mol. The molecule has 0 aromatic carbocycles. The Kier molecular flexibility index (Phi) is 32.1. The number of nitrogens with two attached hydrogens (primary N) is 2. The van der Waals surface area contributed by atoms with Crippen LogP contribution in [0, 0.1) is 40.9 Å². The third-order valence-electron chi connectivity index (χ3n) is 16.0. The number of amides is 1. The number of carboxylic acid groups (broad SMARTS) is 1. The number of carbonyl (C=O) groups is 2. The smallest absolute Gasteiger partial charge is 0.309 e. The van der Waals surface area contributed by atoms with Crippen LogP contribution in [0.1, 0.15) is 119 Å². The van der Waals surface area contributed by atoms with Crippen LogP contribution in [0.2, 0.25) is 0 Å². The second kappa shape index (κ2) is 34.8. The predicted molar refractivity (Wildman–Crippen MR) is 288 cm³/mol. The molecule has 10 aliphatic rings. The molecule has 4 saturated carbocycles. The van der Waals surface area contributed by atoms with E-state index in [-0.39, 0.29) is 5.91 Å². The van der Waals surface area contributed by atoms with Crippen LogP contribution in [-0.4, -0.2) is 225 Å². The van der Waals surface area contributed by atoms with E-state index in [9.17, 15) is 9.59 Å². The number of ether oxygens (including phenoxy) is 2. The van der Waals surface area contributed by atoms with Crippen molar-refractivity contribution >= 4 is 11.9 Å². The number of carbonyl (C=O) groups excluding carboxylic acids is 1. The number of hydrogen-bond acceptors (Lipinski definition) is 13. The first-order valence-corrected chi connectivity index (χ1v) is 27.6. The minimum absolute atomic E-state index is 0.194. The van der Waals surface area contributed by atoms with Gasteiger partial charge in [-0.3, -0.25) is 14.5 Å². The predicted octanol–water partition coefficient (Wildman–Crippen LogP) is 4.93. The number of carboxylic acids is 1. The zero-order valence-electron chi connectivity index (χ0n) is 47.0. The third-order valence-corrected chi connectivity index (χ3v) is 16.0. The summed E-state index contributed by atoms with van der Waals surface area (Å²) >= 11 is 0. The summed E-state index contributed by atoms with van der Waals surface area (Å²) in [7, 11) is 14.1. The standard InChI is InChI=1S/C8H15NO2.C7H17N3.C7H12N2O.C6H13N.C6H12O.3C5H11N.C5H10O/c1-8(7(10)11)3-5-9(2)6-4-8;1-9-4-6-10(3-2-8)7-5-9;1-4(10)9-2-5-6(3-9)7(5)8;1-6-2-4-7-5-3-6;1-5-3-6(4-5)7-2;2*1-5-3-6(2)4-5;2*1-6-5-3-2-4-5/h3-6H2,1-2H3,(H,10,11);2-8H2,1H3;5-7H,2-3,8H2,1H3;6-7H,2-5H2,1H3;5-6H,3-4H2,1-2H3;2*5H,3-4H2,1-2H3;5-6H,2-4H2,1H3;5H,2-4H2,1H3. The summed E-state index contributed by atoms with van der Waals surface area (Å²) in [5, 5.41) is 15.4. The molecule has 0 aromatic rings. The Morgan fingerprint density at radius 3 is 1.36 bits per heavy atom. The average Bonchev–Trinajstić information content (AvgIpc) is 3.60. The van der Waals surface area contributed by atoms with Gasteiger partial charge in [-0.25, -0.2) is 0 Å². The number of fused-ring (bicyclic) bond motifs is 1. The topological polar surface area (TPSA) is 168 Å². The van der Waals surface area contributed by atoms with Crippen molar-refractivity contribution in [1.82, 2.24) is 40.0 Å². The molecule has 0 bridgehead atoms. The van der Waals surface area contributed by atoms with Crippen molar-refractivity contribution in [3.05, 3.63) is 0 Å². The van der Waals surface area contributed by atoms with E-state index in [4.69, 9.17) is 26.0 Å². The highest BCUT2D eigenvalue weighted by molar-refractivity contribution is 5.74. The minimum Gasteiger partial charge on any atom is -0.481 e. The lowest BCUT2D eigenvalue weighted by molar-refractivity contribution is -0.150. The van der Waals surface area contributed by atoms with Crippen LogP contribution in [0.25, 0.3) is 0 Å². The van der Waals surface area contributed by atoms with Gasteiger partial charge in [-0.1, -0.05) is 34.1 Å². The molecule has 10 fully saturated rings. The Morgan fingerprint density at radius 2 is 1.13 bits per heavy atom. The van der Waals surface area contributed by atoms with Gasteiger partial charge in [-0.05, 0) is 174 Å². The molecule has 7 N–H and O–H groups in total. The van der Waals surface area contributed by atoms with Gasteiger partial charge in [0.25, 0.3) is 0 Å². The van der Waals surface area contributed by atoms with Crippen LogP contribution < -0.4 is 22.1 Å². The molecule has 6 aliphatic heterocycles. The fraction of sp³-hybridized carbons (Fsp3) is 0.963. The first-order chi connectivity index (χ1) is 32.7. The summed E-state index contributed by atoms with van der Waals surface area (Å²) in [6.07, 6.45) is 16.2. The van der Waals surface area contributed by atoms with Gasteiger partial charge in [0.2, 0.25) is 5.91 Å². The maximum Gasteiger partial charge on any atom is 0.309 e. The van der Waals surface area contributed by atoms with Gasteiger partial charge in [0.1, 0.15) is 0 Å². The second-order valence-corrected chi connectivity index (χ2v) is 23.2. The van der Waals surface area contributed by atoms with E-state index in [1.807, 2.05) is 25.9 Å². The lowest BCUT2D eigenvalue weighted by Gasteiger charge is -2.34. The van der Waals surface area contributed by atoms with Gasteiger partial charge in [-0.15, -0.1) is 0 Å². The Labute approximate surface area is 424 Å². The van der Waals surface area contributed by atoms with Crippen molar-refractivity contribution < 1.29 is 24.2 Å². The first kappa shape index (κ1) is 63.6. The summed E-state index contributed by atoms with van der Waals surface area (Å²) in [5.74, 6) is 4.63. The minimum atomic E-state index is -0.648. The van der Waals surface area contributed by atoms with E-state index in [0.717, 1.165) is 81.8 Å². The van der Waals surface area contributed by atoms with Crippen molar-refractivity contribution in [3.63, 3.8) is 0 Å². The van der Waals surface area contributed by atoms with Crippen molar-refractivity contribution in [1.29, 1.82) is 0 Å². The lowest BCUT2D eigenvalue weighted by atomic mass is 9.81. The first-order valence-electron chi connectivity index (χ1n) is 27.6. The van der Waals surface area contributed by atoms with Crippen molar-refractivity contribution in [2.24, 2.45) is 52.4 Å². The zero-order valence-corrected chi connectivity index (χ0v) is 47.0. The maximum atomic E-state index is 10.8. The molecule has 6 heterocycles. The molecule has 2 atom stereocenters. The largest absolute Gasteiger partial charge is 0.481 e. The highest BCUT2D eigenvalue weighted by Crippen LogP contribution is 2.43. The zero-order chi connectivity index (χ0) is 51.5. The Morgan fingerprint density at radius 1 is 0.667 bits per heavy atom. The highest BCUT2D eigenvalue weighted by Gasteiger charge is 2.54. The van der Waals surface area contributed by atoms with Crippen LogP contribution in [0.15, 0.2) is 0 Å². The summed E-state index contributed by atoms with van der Waals surface area (Å²) in [6, 6.07) is 1.26.